The molecule has 2 heterocycles. The molecule has 0 aliphatic heterocycles. The predicted octanol–water partition coefficient (Wildman–Crippen LogP) is 3.88. The molecule has 0 aliphatic rings. The molecule has 0 fully saturated rings. The summed E-state index contributed by atoms with van der Waals surface area (Å²) in [5.41, 5.74) is 1.82. The van der Waals surface area contributed by atoms with Gasteiger partial charge in [0.25, 0.3) is 10.0 Å². The molecular formula is C21H18FN3O3S. The van der Waals surface area contributed by atoms with E-state index < -0.39 is 15.8 Å². The number of fused-ring (bicyclic) bond motifs is 1. The molecule has 0 bridgehead atoms. The van der Waals surface area contributed by atoms with Gasteiger partial charge in [-0.25, -0.2) is 17.8 Å². The van der Waals surface area contributed by atoms with E-state index >= 15 is 0 Å². The van der Waals surface area contributed by atoms with E-state index in [2.05, 4.69) is 4.98 Å². The highest BCUT2D eigenvalue weighted by molar-refractivity contribution is 7.92. The number of para-hydroxylation sites is 1. The van der Waals surface area contributed by atoms with Crippen LogP contribution in [0.25, 0.3) is 5.65 Å². The van der Waals surface area contributed by atoms with Crippen LogP contribution in [-0.4, -0.2) is 24.9 Å². The van der Waals surface area contributed by atoms with E-state index in [0.717, 1.165) is 12.1 Å². The maximum atomic E-state index is 13.9. The highest BCUT2D eigenvalue weighted by Gasteiger charge is 2.29. The maximum Gasteiger partial charge on any atom is 0.268 e. The summed E-state index contributed by atoms with van der Waals surface area (Å²) < 4.78 is 49.3. The Kier molecular flexibility index (Phi) is 4.94. The van der Waals surface area contributed by atoms with E-state index in [1.54, 1.807) is 36.5 Å². The Morgan fingerprint density at radius 2 is 1.83 bits per heavy atom. The Hall–Kier alpha value is -3.39. The average Bonchev–Trinajstić information content (AvgIpc) is 3.15. The van der Waals surface area contributed by atoms with Crippen LogP contribution in [0.3, 0.4) is 0 Å². The van der Waals surface area contributed by atoms with Crippen molar-refractivity contribution in [3.05, 3.63) is 90.6 Å². The number of anilines is 1. The first-order chi connectivity index (χ1) is 14.0. The van der Waals surface area contributed by atoms with Crippen LogP contribution in [0.5, 0.6) is 5.75 Å². The fourth-order valence-corrected chi connectivity index (χ4v) is 4.74. The second kappa shape index (κ2) is 7.56. The third-order valence-electron chi connectivity index (χ3n) is 4.54. The van der Waals surface area contributed by atoms with Gasteiger partial charge in [0.1, 0.15) is 22.1 Å². The first kappa shape index (κ1) is 18.9. The van der Waals surface area contributed by atoms with Gasteiger partial charge < -0.3 is 9.14 Å². The van der Waals surface area contributed by atoms with Crippen LogP contribution in [0, 0.1) is 5.82 Å². The van der Waals surface area contributed by atoms with E-state index in [9.17, 15) is 12.8 Å². The van der Waals surface area contributed by atoms with Gasteiger partial charge in [-0.05, 0) is 42.5 Å². The van der Waals surface area contributed by atoms with Crippen LogP contribution in [0.1, 0.15) is 5.69 Å². The second-order valence-corrected chi connectivity index (χ2v) is 8.15. The lowest BCUT2D eigenvalue weighted by atomic mass is 10.3. The van der Waals surface area contributed by atoms with Crippen molar-refractivity contribution in [1.82, 2.24) is 9.38 Å². The van der Waals surface area contributed by atoms with Gasteiger partial charge in [0.15, 0.2) is 0 Å². The Labute approximate surface area is 167 Å². The number of rotatable bonds is 6. The minimum atomic E-state index is -4.14. The number of imidazole rings is 1. The molecule has 2 aromatic heterocycles. The largest absolute Gasteiger partial charge is 0.495 e. The Morgan fingerprint density at radius 3 is 2.59 bits per heavy atom. The van der Waals surface area contributed by atoms with Gasteiger partial charge in [-0.3, -0.25) is 4.31 Å². The van der Waals surface area contributed by atoms with Crippen molar-refractivity contribution in [2.24, 2.45) is 0 Å². The average molecular weight is 411 g/mol. The molecule has 4 aromatic rings. The Balaban J connectivity index is 1.86. The maximum absolute atomic E-state index is 13.9. The smallest absolute Gasteiger partial charge is 0.268 e. The van der Waals surface area contributed by atoms with E-state index in [4.69, 9.17) is 4.74 Å². The zero-order valence-corrected chi connectivity index (χ0v) is 16.4. The van der Waals surface area contributed by atoms with E-state index in [-0.39, 0.29) is 17.2 Å². The normalized spacial score (nSPS) is 11.5. The zero-order valence-electron chi connectivity index (χ0n) is 15.6. The fourth-order valence-electron chi connectivity index (χ4n) is 3.13. The topological polar surface area (TPSA) is 63.9 Å². The lowest BCUT2D eigenvalue weighted by Crippen LogP contribution is -2.31. The molecule has 0 spiro atoms. The third kappa shape index (κ3) is 3.54. The summed E-state index contributed by atoms with van der Waals surface area (Å²) in [5.74, 6) is -0.585. The van der Waals surface area contributed by atoms with E-state index in [1.165, 1.54) is 17.5 Å². The number of hydrogen-bond donors (Lipinski definition) is 0. The van der Waals surface area contributed by atoms with E-state index in [0.29, 0.717) is 17.0 Å². The number of halogens is 1. The molecule has 0 unspecified atom stereocenters. The van der Waals surface area contributed by atoms with Gasteiger partial charge in [0.2, 0.25) is 0 Å². The molecule has 0 atom stereocenters. The van der Waals surface area contributed by atoms with Crippen molar-refractivity contribution in [3.63, 3.8) is 0 Å². The number of sulfonamides is 1. The first-order valence-electron chi connectivity index (χ1n) is 8.83. The molecule has 2 aromatic carbocycles. The first-order valence-corrected chi connectivity index (χ1v) is 10.3. The van der Waals surface area contributed by atoms with Gasteiger partial charge in [-0.1, -0.05) is 24.3 Å². The highest BCUT2D eigenvalue weighted by Crippen LogP contribution is 2.32. The molecule has 0 radical (unpaired) electrons. The van der Waals surface area contributed by atoms with Crippen molar-refractivity contribution in [3.8, 4) is 5.75 Å². The standard InChI is InChI=1S/C21H18FN3O3S/c1-28-19-11-10-16(22)13-20(19)29(26,27)25(17-7-3-2-4-8-17)15-18-14-23-21-9-5-6-12-24(18)21/h2-14H,15H2,1H3. The fraction of sp³-hybridized carbons (Fsp3) is 0.0952. The van der Waals surface area contributed by atoms with Gasteiger partial charge in [0, 0.05) is 6.20 Å². The number of benzene rings is 2. The van der Waals surface area contributed by atoms with Crippen LogP contribution in [0.2, 0.25) is 0 Å². The zero-order chi connectivity index (χ0) is 20.4. The van der Waals surface area contributed by atoms with Crippen molar-refractivity contribution in [2.45, 2.75) is 11.4 Å². The molecule has 0 saturated carbocycles. The number of hydrogen-bond acceptors (Lipinski definition) is 4. The summed E-state index contributed by atoms with van der Waals surface area (Å²) in [5, 5.41) is 0. The SMILES string of the molecule is COc1ccc(F)cc1S(=O)(=O)N(Cc1cnc2ccccn12)c1ccccc1. The van der Waals surface area contributed by atoms with E-state index in [1.807, 2.05) is 28.8 Å². The van der Waals surface area contributed by atoms with Crippen molar-refractivity contribution >= 4 is 21.4 Å². The minimum absolute atomic E-state index is 0.0111. The number of ether oxygens (including phenoxy) is 1. The van der Waals surface area contributed by atoms with Gasteiger partial charge >= 0.3 is 0 Å². The lowest BCUT2D eigenvalue weighted by molar-refractivity contribution is 0.401. The number of nitrogens with zero attached hydrogens (tertiary/aromatic N) is 3. The summed E-state index contributed by atoms with van der Waals surface area (Å²) in [6.45, 7) is 0.0111. The van der Waals surface area contributed by atoms with Gasteiger partial charge in [-0.15, -0.1) is 0 Å². The molecule has 29 heavy (non-hydrogen) atoms. The van der Waals surface area contributed by atoms with Gasteiger partial charge in [0.05, 0.1) is 31.2 Å². The lowest BCUT2D eigenvalue weighted by Gasteiger charge is -2.25. The molecule has 148 valence electrons. The molecule has 0 amide bonds. The predicted molar refractivity (Wildman–Crippen MR) is 108 cm³/mol. The summed E-state index contributed by atoms with van der Waals surface area (Å²) in [4.78, 5) is 4.09. The third-order valence-corrected chi connectivity index (χ3v) is 6.33. The van der Waals surface area contributed by atoms with Crippen LogP contribution in [0.4, 0.5) is 10.1 Å². The van der Waals surface area contributed by atoms with Crippen LogP contribution in [-0.2, 0) is 16.6 Å². The molecule has 8 heteroatoms. The molecular weight excluding hydrogens is 393 g/mol. The minimum Gasteiger partial charge on any atom is -0.495 e. The summed E-state index contributed by atoms with van der Waals surface area (Å²) in [6, 6.07) is 17.6. The molecule has 0 N–H and O–H groups in total. The van der Waals surface area contributed by atoms with Gasteiger partial charge in [-0.2, -0.15) is 0 Å². The van der Waals surface area contributed by atoms with Crippen molar-refractivity contribution in [1.29, 1.82) is 0 Å². The molecule has 0 saturated heterocycles. The second-order valence-electron chi connectivity index (χ2n) is 6.32. The molecule has 6 nitrogen and oxygen atoms in total. The number of pyridine rings is 1. The summed E-state index contributed by atoms with van der Waals surface area (Å²) >= 11 is 0. The quantitative estimate of drug-likeness (QED) is 0.483. The molecule has 4 rings (SSSR count). The highest BCUT2D eigenvalue weighted by atomic mass is 32.2. The number of aromatic nitrogens is 2. The summed E-state index contributed by atoms with van der Waals surface area (Å²) in [7, 11) is -2.79. The van der Waals surface area contributed by atoms with Crippen LogP contribution < -0.4 is 9.04 Å². The van der Waals surface area contributed by atoms with Crippen LogP contribution >= 0.6 is 0 Å². The Morgan fingerprint density at radius 1 is 1.07 bits per heavy atom. The van der Waals surface area contributed by atoms with Crippen molar-refractivity contribution in [2.75, 3.05) is 11.4 Å². The Bertz CT molecular complexity index is 1260. The van der Waals surface area contributed by atoms with Crippen LogP contribution in [0.15, 0.2) is 84.0 Å². The van der Waals surface area contributed by atoms with Crippen molar-refractivity contribution < 1.29 is 17.5 Å². The summed E-state index contributed by atoms with van der Waals surface area (Å²) in [6.07, 6.45) is 3.44. The monoisotopic (exact) mass is 411 g/mol. The molecule has 0 aliphatic carbocycles. The number of methoxy groups -OCH3 is 1.